The molecule has 2 aromatic rings. The molecule has 0 atom stereocenters. The highest BCUT2D eigenvalue weighted by Crippen LogP contribution is 2.15. The van der Waals surface area contributed by atoms with Crippen molar-refractivity contribution in [3.8, 4) is 0 Å². The van der Waals surface area contributed by atoms with Crippen molar-refractivity contribution in [1.82, 2.24) is 14.4 Å². The molecule has 6 nitrogen and oxygen atoms in total. The second-order valence-corrected chi connectivity index (χ2v) is 8.46. The van der Waals surface area contributed by atoms with Crippen LogP contribution in [0.3, 0.4) is 0 Å². The first-order valence-corrected chi connectivity index (χ1v) is 10.4. The molecule has 0 saturated carbocycles. The summed E-state index contributed by atoms with van der Waals surface area (Å²) in [4.78, 5) is 29.2. The summed E-state index contributed by atoms with van der Waals surface area (Å²) < 4.78 is 15.9. The number of rotatable bonds is 9. The Hall–Kier alpha value is -2.83. The lowest BCUT2D eigenvalue weighted by molar-refractivity contribution is -0.133. The molecule has 0 aliphatic carbocycles. The van der Waals surface area contributed by atoms with Crippen LogP contribution in [-0.4, -0.2) is 45.9 Å². The Balaban J connectivity index is 2.15. The van der Waals surface area contributed by atoms with Gasteiger partial charge in [0.05, 0.1) is 12.2 Å². The first-order valence-electron chi connectivity index (χ1n) is 10.4. The number of nitrogens with one attached hydrogen (secondary N) is 1. The zero-order valence-corrected chi connectivity index (χ0v) is 18.6. The van der Waals surface area contributed by atoms with Crippen molar-refractivity contribution in [1.29, 1.82) is 0 Å². The van der Waals surface area contributed by atoms with Crippen molar-refractivity contribution in [2.45, 2.75) is 34.2 Å². The maximum absolute atomic E-state index is 13.9. The first-order chi connectivity index (χ1) is 14.2. The molecule has 1 aromatic carbocycles. The fraction of sp³-hybridized carbons (Fsp3) is 0.478. The van der Waals surface area contributed by atoms with Gasteiger partial charge in [0.25, 0.3) is 0 Å². The molecular weight excluding hydrogens is 383 g/mol. The summed E-state index contributed by atoms with van der Waals surface area (Å²) in [6.45, 7) is 9.47. The molecule has 3 amide bonds. The molecule has 0 bridgehead atoms. The van der Waals surface area contributed by atoms with Crippen LogP contribution in [0.25, 0.3) is 0 Å². The van der Waals surface area contributed by atoms with E-state index in [1.165, 1.54) is 17.0 Å². The van der Waals surface area contributed by atoms with Gasteiger partial charge in [-0.25, -0.2) is 9.18 Å². The van der Waals surface area contributed by atoms with Gasteiger partial charge in [-0.2, -0.15) is 0 Å². The number of benzene rings is 1. The summed E-state index contributed by atoms with van der Waals surface area (Å²) in [6, 6.07) is 9.46. The van der Waals surface area contributed by atoms with Crippen LogP contribution in [0.5, 0.6) is 0 Å². The maximum atomic E-state index is 13.9. The molecule has 0 spiro atoms. The number of halogens is 1. The van der Waals surface area contributed by atoms with E-state index in [0.717, 1.165) is 5.69 Å². The molecule has 0 aliphatic rings. The van der Waals surface area contributed by atoms with Crippen molar-refractivity contribution in [3.05, 3.63) is 54.1 Å². The highest BCUT2D eigenvalue weighted by molar-refractivity contribution is 5.92. The standard InChI is InChI=1S/C23H33FN4O2/c1-17(2)13-27(15-19-9-8-12-26(19)5)22(29)16-28(14-18(3)4)23(30)25-21-11-7-6-10-20(21)24/h6-12,17-18H,13-16H2,1-5H3,(H,25,30). The van der Waals surface area contributed by atoms with Crippen LogP contribution in [0.2, 0.25) is 0 Å². The average molecular weight is 417 g/mol. The van der Waals surface area contributed by atoms with Gasteiger partial charge >= 0.3 is 6.03 Å². The van der Waals surface area contributed by atoms with Crippen molar-refractivity contribution in [3.63, 3.8) is 0 Å². The van der Waals surface area contributed by atoms with Crippen LogP contribution in [-0.2, 0) is 18.4 Å². The van der Waals surface area contributed by atoms with Gasteiger partial charge in [0, 0.05) is 32.0 Å². The third-order valence-corrected chi connectivity index (χ3v) is 4.66. The van der Waals surface area contributed by atoms with E-state index in [1.807, 2.05) is 43.8 Å². The fourth-order valence-corrected chi connectivity index (χ4v) is 3.23. The molecule has 1 N–H and O–H groups in total. The van der Waals surface area contributed by atoms with E-state index in [-0.39, 0.29) is 24.1 Å². The summed E-state index contributed by atoms with van der Waals surface area (Å²) in [5, 5.41) is 2.59. The van der Waals surface area contributed by atoms with Crippen molar-refractivity contribution in [2.24, 2.45) is 18.9 Å². The smallest absolute Gasteiger partial charge is 0.322 e. The molecule has 0 unspecified atom stereocenters. The summed E-state index contributed by atoms with van der Waals surface area (Å²) >= 11 is 0. The summed E-state index contributed by atoms with van der Waals surface area (Å²) in [5.74, 6) is -0.184. The normalized spacial score (nSPS) is 11.1. The number of anilines is 1. The van der Waals surface area contributed by atoms with E-state index < -0.39 is 11.8 Å². The van der Waals surface area contributed by atoms with Gasteiger partial charge in [-0.15, -0.1) is 0 Å². The van der Waals surface area contributed by atoms with Crippen molar-refractivity contribution < 1.29 is 14.0 Å². The Kier molecular flexibility index (Phi) is 8.45. The summed E-state index contributed by atoms with van der Waals surface area (Å²) in [5.41, 5.74) is 1.13. The van der Waals surface area contributed by atoms with E-state index in [0.29, 0.717) is 25.6 Å². The fourth-order valence-electron chi connectivity index (χ4n) is 3.23. The Bertz CT molecular complexity index is 847. The molecule has 1 heterocycles. The number of aromatic nitrogens is 1. The van der Waals surface area contributed by atoms with Gasteiger partial charge < -0.3 is 19.7 Å². The second-order valence-electron chi connectivity index (χ2n) is 8.46. The zero-order valence-electron chi connectivity index (χ0n) is 18.6. The molecule has 0 radical (unpaired) electrons. The average Bonchev–Trinajstić information content (AvgIpc) is 3.06. The number of amides is 3. The zero-order chi connectivity index (χ0) is 22.3. The molecule has 164 valence electrons. The lowest BCUT2D eigenvalue weighted by Crippen LogP contribution is -2.46. The van der Waals surface area contributed by atoms with E-state index in [9.17, 15) is 14.0 Å². The van der Waals surface area contributed by atoms with E-state index in [4.69, 9.17) is 0 Å². The number of hydrogen-bond donors (Lipinski definition) is 1. The monoisotopic (exact) mass is 416 g/mol. The quantitative estimate of drug-likeness (QED) is 0.661. The van der Waals surface area contributed by atoms with Crippen molar-refractivity contribution in [2.75, 3.05) is 25.0 Å². The van der Waals surface area contributed by atoms with E-state index in [1.54, 1.807) is 17.0 Å². The number of nitrogens with zero attached hydrogens (tertiary/aromatic N) is 3. The molecule has 0 fully saturated rings. The minimum atomic E-state index is -0.508. The van der Waals surface area contributed by atoms with Gasteiger partial charge in [-0.05, 0) is 36.1 Å². The Labute approximate surface area is 178 Å². The summed E-state index contributed by atoms with van der Waals surface area (Å²) in [7, 11) is 1.94. The molecule has 2 rings (SSSR count). The number of aryl methyl sites for hydroxylation is 1. The third-order valence-electron chi connectivity index (χ3n) is 4.66. The predicted molar refractivity (Wildman–Crippen MR) is 117 cm³/mol. The number of para-hydroxylation sites is 1. The Morgan fingerprint density at radius 2 is 1.63 bits per heavy atom. The van der Waals surface area contributed by atoms with Gasteiger partial charge in [0.1, 0.15) is 12.4 Å². The van der Waals surface area contributed by atoms with E-state index >= 15 is 0 Å². The van der Waals surface area contributed by atoms with Gasteiger partial charge in [-0.1, -0.05) is 39.8 Å². The number of carbonyl (C=O) groups excluding carboxylic acids is 2. The van der Waals surface area contributed by atoms with Crippen LogP contribution in [0.1, 0.15) is 33.4 Å². The van der Waals surface area contributed by atoms with Crippen molar-refractivity contribution >= 4 is 17.6 Å². The number of hydrogen-bond acceptors (Lipinski definition) is 2. The lowest BCUT2D eigenvalue weighted by atomic mass is 10.2. The third kappa shape index (κ3) is 6.90. The van der Waals surface area contributed by atoms with Crippen LogP contribution < -0.4 is 5.32 Å². The number of urea groups is 1. The van der Waals surface area contributed by atoms with Crippen LogP contribution in [0.4, 0.5) is 14.9 Å². The van der Waals surface area contributed by atoms with Crippen LogP contribution >= 0.6 is 0 Å². The highest BCUT2D eigenvalue weighted by atomic mass is 19.1. The second kappa shape index (κ2) is 10.8. The molecule has 0 aliphatic heterocycles. The Morgan fingerprint density at radius 3 is 2.20 bits per heavy atom. The van der Waals surface area contributed by atoms with Gasteiger partial charge in [0.2, 0.25) is 5.91 Å². The Morgan fingerprint density at radius 1 is 1.00 bits per heavy atom. The largest absolute Gasteiger partial charge is 0.353 e. The minimum Gasteiger partial charge on any atom is -0.353 e. The van der Waals surface area contributed by atoms with Crippen LogP contribution in [0.15, 0.2) is 42.6 Å². The topological polar surface area (TPSA) is 57.6 Å². The predicted octanol–water partition coefficient (Wildman–Crippen LogP) is 4.34. The molecule has 1 aromatic heterocycles. The van der Waals surface area contributed by atoms with Crippen LogP contribution in [0, 0.1) is 17.7 Å². The minimum absolute atomic E-state index is 0.0599. The highest BCUT2D eigenvalue weighted by Gasteiger charge is 2.24. The molecular formula is C23H33FN4O2. The molecule has 7 heteroatoms. The maximum Gasteiger partial charge on any atom is 0.322 e. The number of carbonyl (C=O) groups is 2. The molecule has 0 saturated heterocycles. The first kappa shape index (κ1) is 23.4. The molecule has 30 heavy (non-hydrogen) atoms. The lowest BCUT2D eigenvalue weighted by Gasteiger charge is -2.30. The van der Waals surface area contributed by atoms with Gasteiger partial charge in [-0.3, -0.25) is 4.79 Å². The van der Waals surface area contributed by atoms with E-state index in [2.05, 4.69) is 19.2 Å². The summed E-state index contributed by atoms with van der Waals surface area (Å²) in [6.07, 6.45) is 1.94. The SMILES string of the molecule is CC(C)CN(Cc1cccn1C)C(=O)CN(CC(C)C)C(=O)Nc1ccccc1F. The van der Waals surface area contributed by atoms with Gasteiger partial charge in [0.15, 0.2) is 0 Å².